The number of piperidine rings is 1. The zero-order chi connectivity index (χ0) is 37.0. The molecule has 0 saturated carbocycles. The van der Waals surface area contributed by atoms with Crippen LogP contribution in [0.5, 0.6) is 0 Å². The number of sulfonamides is 1. The molecule has 0 amide bonds. The van der Waals surface area contributed by atoms with Crippen LogP contribution in [0.15, 0.2) is 24.3 Å². The average molecular weight is 757 g/mol. The van der Waals surface area contributed by atoms with E-state index in [4.69, 9.17) is 4.98 Å². The standard InChI is InChI=1S/C37H47F3N8O2S2/c1-5-33-42-34(31-17-29(18-37(38,39)40)51-35(31)43-33)47-15-11-36(23-47)10-14-45(22-36)21-26-6-7-32-30(25(26)3)16-28(19-41)48(32)20-24(2)46-12-8-27(9-13-46)44-52(4,49)50/h6-7,16-17,24,27,44H,5,8-15,18,20-23H2,1-4H3/t24-,36?/m0/s1. The van der Waals surface area contributed by atoms with Crippen molar-refractivity contribution in [2.75, 3.05) is 50.4 Å². The van der Waals surface area contributed by atoms with E-state index in [0.29, 0.717) is 29.3 Å². The van der Waals surface area contributed by atoms with E-state index >= 15 is 0 Å². The summed E-state index contributed by atoms with van der Waals surface area (Å²) in [4.78, 5) is 17.5. The lowest BCUT2D eigenvalue weighted by Crippen LogP contribution is -2.48. The number of nitriles is 1. The summed E-state index contributed by atoms with van der Waals surface area (Å²) in [6.07, 6.45) is 0.194. The molecule has 1 spiro atoms. The zero-order valence-electron chi connectivity index (χ0n) is 30.3. The van der Waals surface area contributed by atoms with Gasteiger partial charge in [0, 0.05) is 85.5 Å². The van der Waals surface area contributed by atoms with Crippen LogP contribution >= 0.6 is 11.3 Å². The molecule has 3 aliphatic heterocycles. The molecule has 52 heavy (non-hydrogen) atoms. The van der Waals surface area contributed by atoms with Crippen LogP contribution in [-0.2, 0) is 36.0 Å². The van der Waals surface area contributed by atoms with Gasteiger partial charge in [0.1, 0.15) is 28.2 Å². The first-order valence-electron chi connectivity index (χ1n) is 18.2. The van der Waals surface area contributed by atoms with E-state index in [-0.39, 0.29) is 22.4 Å². The number of hydrogen-bond donors (Lipinski definition) is 1. The first-order valence-corrected chi connectivity index (χ1v) is 20.9. The van der Waals surface area contributed by atoms with Gasteiger partial charge in [0.2, 0.25) is 10.0 Å². The number of fused-ring (bicyclic) bond motifs is 2. The molecule has 15 heteroatoms. The van der Waals surface area contributed by atoms with Gasteiger partial charge < -0.3 is 9.47 Å². The molecule has 3 aromatic heterocycles. The lowest BCUT2D eigenvalue weighted by Gasteiger charge is -2.36. The Labute approximate surface area is 307 Å². The zero-order valence-corrected chi connectivity index (χ0v) is 31.9. The van der Waals surface area contributed by atoms with Gasteiger partial charge in [-0.1, -0.05) is 13.0 Å². The summed E-state index contributed by atoms with van der Waals surface area (Å²) in [5, 5.41) is 11.9. The minimum Gasteiger partial charge on any atom is -0.355 e. The highest BCUT2D eigenvalue weighted by Gasteiger charge is 2.44. The molecular weight excluding hydrogens is 710 g/mol. The fourth-order valence-electron chi connectivity index (χ4n) is 8.66. The summed E-state index contributed by atoms with van der Waals surface area (Å²) in [6.45, 7) is 12.9. The van der Waals surface area contributed by atoms with Crippen LogP contribution in [0.3, 0.4) is 0 Å². The van der Waals surface area contributed by atoms with Gasteiger partial charge in [-0.15, -0.1) is 11.3 Å². The SMILES string of the molecule is CCc1nc(N2CCC3(CCN(Cc4ccc5c(cc(C#N)n5C[C@H](C)N5CCC(NS(C)(=O)=O)CC5)c4C)C3)C2)c2cc(CC(F)(F)F)sc2n1. The summed E-state index contributed by atoms with van der Waals surface area (Å²) in [5.74, 6) is 1.43. The number of rotatable bonds is 10. The van der Waals surface area contributed by atoms with Crippen molar-refractivity contribution in [2.45, 2.75) is 90.6 Å². The van der Waals surface area contributed by atoms with Gasteiger partial charge in [-0.25, -0.2) is 23.1 Å². The third-order valence-corrected chi connectivity index (χ3v) is 13.2. The van der Waals surface area contributed by atoms with E-state index in [1.807, 2.05) is 13.0 Å². The molecule has 280 valence electrons. The third kappa shape index (κ3) is 7.82. The monoisotopic (exact) mass is 756 g/mol. The van der Waals surface area contributed by atoms with Crippen molar-refractivity contribution in [1.29, 1.82) is 5.26 Å². The minimum absolute atomic E-state index is 0.0347. The van der Waals surface area contributed by atoms with Crippen molar-refractivity contribution in [3.63, 3.8) is 0 Å². The molecule has 0 bridgehead atoms. The Morgan fingerprint density at radius 3 is 2.54 bits per heavy atom. The van der Waals surface area contributed by atoms with Crippen LogP contribution in [0.25, 0.3) is 21.1 Å². The molecule has 0 aliphatic carbocycles. The van der Waals surface area contributed by atoms with Gasteiger partial charge >= 0.3 is 6.18 Å². The molecule has 6 heterocycles. The van der Waals surface area contributed by atoms with Gasteiger partial charge in [-0.3, -0.25) is 9.80 Å². The van der Waals surface area contributed by atoms with Gasteiger partial charge in [0.25, 0.3) is 0 Å². The topological polar surface area (TPSA) is 110 Å². The number of nitrogens with one attached hydrogen (secondary N) is 1. The predicted molar refractivity (Wildman–Crippen MR) is 199 cm³/mol. The number of aryl methyl sites for hydroxylation is 2. The van der Waals surface area contributed by atoms with Crippen LogP contribution in [0.2, 0.25) is 0 Å². The van der Waals surface area contributed by atoms with Crippen molar-refractivity contribution in [3.05, 3.63) is 51.8 Å². The van der Waals surface area contributed by atoms with Crippen LogP contribution < -0.4 is 9.62 Å². The molecule has 7 rings (SSSR count). The Balaban J connectivity index is 1.03. The molecular formula is C37H47F3N8O2S2. The predicted octanol–water partition coefficient (Wildman–Crippen LogP) is 6.00. The molecule has 1 aromatic carbocycles. The second-order valence-electron chi connectivity index (χ2n) is 15.3. The van der Waals surface area contributed by atoms with Gasteiger partial charge in [0.15, 0.2) is 0 Å². The summed E-state index contributed by atoms with van der Waals surface area (Å²) in [6, 6.07) is 10.6. The Kier molecular flexibility index (Phi) is 10.1. The third-order valence-electron chi connectivity index (χ3n) is 11.4. The number of anilines is 1. The largest absolute Gasteiger partial charge is 0.393 e. The number of likely N-dealkylation sites (tertiary alicyclic amines) is 2. The summed E-state index contributed by atoms with van der Waals surface area (Å²) in [7, 11) is -3.23. The van der Waals surface area contributed by atoms with E-state index in [9.17, 15) is 26.9 Å². The second kappa shape index (κ2) is 14.2. The Morgan fingerprint density at radius 2 is 1.85 bits per heavy atom. The first-order chi connectivity index (χ1) is 24.6. The fraction of sp³-hybridized carbons (Fsp3) is 0.595. The van der Waals surface area contributed by atoms with Gasteiger partial charge in [0.05, 0.1) is 18.1 Å². The van der Waals surface area contributed by atoms with Crippen LogP contribution in [0.1, 0.15) is 67.1 Å². The molecule has 0 radical (unpaired) electrons. The summed E-state index contributed by atoms with van der Waals surface area (Å²) < 4.78 is 67.9. The maximum Gasteiger partial charge on any atom is 0.393 e. The second-order valence-corrected chi connectivity index (χ2v) is 18.2. The summed E-state index contributed by atoms with van der Waals surface area (Å²) >= 11 is 1.12. The van der Waals surface area contributed by atoms with E-state index < -0.39 is 22.6 Å². The quantitative estimate of drug-likeness (QED) is 0.210. The van der Waals surface area contributed by atoms with Crippen molar-refractivity contribution in [3.8, 4) is 6.07 Å². The minimum atomic E-state index is -4.27. The highest BCUT2D eigenvalue weighted by molar-refractivity contribution is 7.88. The van der Waals surface area contributed by atoms with Crippen molar-refractivity contribution >= 4 is 48.3 Å². The molecule has 4 aromatic rings. The molecule has 1 N–H and O–H groups in total. The Hall–Kier alpha value is -3.29. The highest BCUT2D eigenvalue weighted by Crippen LogP contribution is 2.44. The summed E-state index contributed by atoms with van der Waals surface area (Å²) in [5.41, 5.74) is 4.22. The molecule has 10 nitrogen and oxygen atoms in total. The van der Waals surface area contributed by atoms with E-state index in [2.05, 4.69) is 61.0 Å². The van der Waals surface area contributed by atoms with Crippen molar-refractivity contribution in [2.24, 2.45) is 5.41 Å². The van der Waals surface area contributed by atoms with Gasteiger partial charge in [-0.2, -0.15) is 18.4 Å². The normalized spacial score (nSPS) is 21.6. The van der Waals surface area contributed by atoms with Crippen molar-refractivity contribution < 1.29 is 21.6 Å². The Bertz CT molecular complexity index is 2120. The molecule has 3 saturated heterocycles. The maximum absolute atomic E-state index is 13.2. The van der Waals surface area contributed by atoms with E-state index in [1.54, 1.807) is 6.07 Å². The van der Waals surface area contributed by atoms with E-state index in [1.165, 1.54) is 17.4 Å². The Morgan fingerprint density at radius 1 is 1.10 bits per heavy atom. The van der Waals surface area contributed by atoms with E-state index in [0.717, 1.165) is 105 Å². The van der Waals surface area contributed by atoms with Crippen LogP contribution in [0.4, 0.5) is 19.0 Å². The van der Waals surface area contributed by atoms with Crippen LogP contribution in [-0.4, -0.2) is 96.5 Å². The number of halogens is 3. The van der Waals surface area contributed by atoms with Gasteiger partial charge in [-0.05, 0) is 75.4 Å². The lowest BCUT2D eigenvalue weighted by atomic mass is 9.86. The first kappa shape index (κ1) is 37.0. The molecule has 3 aliphatic rings. The number of nitrogens with zero attached hydrogens (tertiary/aromatic N) is 7. The number of hydrogen-bond acceptors (Lipinski definition) is 9. The molecule has 2 atom stereocenters. The lowest BCUT2D eigenvalue weighted by molar-refractivity contribution is -0.126. The smallest absolute Gasteiger partial charge is 0.355 e. The average Bonchev–Trinajstić information content (AvgIpc) is 3.86. The fourth-order valence-corrected chi connectivity index (χ4v) is 10.6. The number of thiophene rings is 1. The number of benzene rings is 1. The number of aromatic nitrogens is 3. The molecule has 3 fully saturated rings. The number of alkyl halides is 3. The maximum atomic E-state index is 13.2. The highest BCUT2D eigenvalue weighted by atomic mass is 32.2. The molecule has 1 unspecified atom stereocenters. The van der Waals surface area contributed by atoms with Crippen molar-refractivity contribution in [1.82, 2.24) is 29.1 Å². The van der Waals surface area contributed by atoms with Crippen LogP contribution in [0, 0.1) is 23.7 Å².